The standard InChI is InChI=1S/C29H34F6N2O6/c1-7-20(8-2)43-27(39)37-16(3)9-22(21-13-24(40-4)25(41-5)14-23(21)37)36(26(38)42-6)15-17-10-18(28(30,31)32)12-19(11-17)29(33,34)35/h10-14,16,20,22H,7-9,15H2,1-6H3/t16-,22+/m0/s1. The number of anilines is 1. The van der Waals surface area contributed by atoms with Gasteiger partial charge in [-0.15, -0.1) is 0 Å². The van der Waals surface area contributed by atoms with E-state index in [-0.39, 0.29) is 35.8 Å². The molecule has 2 aromatic rings. The molecule has 1 aliphatic rings. The van der Waals surface area contributed by atoms with Crippen LogP contribution in [-0.4, -0.2) is 50.6 Å². The fourth-order valence-electron chi connectivity index (χ4n) is 5.11. The van der Waals surface area contributed by atoms with Crippen LogP contribution in [0.15, 0.2) is 30.3 Å². The summed E-state index contributed by atoms with van der Waals surface area (Å²) in [6, 6.07) is 2.57. The molecule has 0 saturated carbocycles. The quantitative estimate of drug-likeness (QED) is 0.279. The SMILES string of the molecule is CCC(CC)OC(=O)N1c2cc(OC)c(OC)cc2[C@H](N(Cc2cc(C(F)(F)F)cc(C(F)(F)F)c2)C(=O)OC)C[C@@H]1C. The summed E-state index contributed by atoms with van der Waals surface area (Å²) in [5, 5.41) is 0. The van der Waals surface area contributed by atoms with Gasteiger partial charge in [0.2, 0.25) is 0 Å². The number of nitrogens with zero attached hydrogens (tertiary/aromatic N) is 2. The predicted molar refractivity (Wildman–Crippen MR) is 144 cm³/mol. The topological polar surface area (TPSA) is 77.5 Å². The molecule has 238 valence electrons. The predicted octanol–water partition coefficient (Wildman–Crippen LogP) is 7.97. The molecule has 43 heavy (non-hydrogen) atoms. The maximum atomic E-state index is 13.6. The number of halogens is 6. The molecule has 0 fully saturated rings. The molecule has 0 saturated heterocycles. The molecule has 2 atom stereocenters. The van der Waals surface area contributed by atoms with Crippen LogP contribution in [0.25, 0.3) is 0 Å². The highest BCUT2D eigenvalue weighted by Crippen LogP contribution is 2.47. The van der Waals surface area contributed by atoms with Gasteiger partial charge < -0.3 is 18.9 Å². The summed E-state index contributed by atoms with van der Waals surface area (Å²) in [6.07, 6.45) is -11.0. The smallest absolute Gasteiger partial charge is 0.416 e. The molecular weight excluding hydrogens is 586 g/mol. The van der Waals surface area contributed by atoms with Crippen LogP contribution in [0, 0.1) is 0 Å². The Labute approximate surface area is 245 Å². The van der Waals surface area contributed by atoms with Crippen molar-refractivity contribution in [2.75, 3.05) is 26.2 Å². The molecule has 0 N–H and O–H groups in total. The molecule has 0 unspecified atom stereocenters. The highest BCUT2D eigenvalue weighted by molar-refractivity contribution is 5.91. The molecule has 0 aliphatic carbocycles. The first-order valence-corrected chi connectivity index (χ1v) is 13.5. The van der Waals surface area contributed by atoms with E-state index in [9.17, 15) is 35.9 Å². The fraction of sp³-hybridized carbons (Fsp3) is 0.517. The molecule has 1 aliphatic heterocycles. The minimum Gasteiger partial charge on any atom is -0.493 e. The summed E-state index contributed by atoms with van der Waals surface area (Å²) in [5.74, 6) is 0.462. The zero-order valence-corrected chi connectivity index (χ0v) is 24.6. The molecule has 14 heteroatoms. The van der Waals surface area contributed by atoms with Gasteiger partial charge in [-0.3, -0.25) is 9.80 Å². The number of benzene rings is 2. The van der Waals surface area contributed by atoms with Crippen LogP contribution in [-0.2, 0) is 28.4 Å². The van der Waals surface area contributed by atoms with Crippen molar-refractivity contribution in [3.63, 3.8) is 0 Å². The average Bonchev–Trinajstić information content (AvgIpc) is 2.95. The van der Waals surface area contributed by atoms with E-state index in [4.69, 9.17) is 18.9 Å². The Morgan fingerprint density at radius 1 is 0.907 bits per heavy atom. The van der Waals surface area contributed by atoms with Gasteiger partial charge in [0.1, 0.15) is 6.10 Å². The summed E-state index contributed by atoms with van der Waals surface area (Å²) >= 11 is 0. The molecule has 2 aromatic carbocycles. The van der Waals surface area contributed by atoms with E-state index < -0.39 is 59.9 Å². The first kappa shape index (κ1) is 33.7. The van der Waals surface area contributed by atoms with Crippen molar-refractivity contribution in [3.05, 3.63) is 52.6 Å². The normalized spacial score (nSPS) is 16.9. The van der Waals surface area contributed by atoms with Gasteiger partial charge in [0.05, 0.1) is 44.2 Å². The van der Waals surface area contributed by atoms with Gasteiger partial charge in [-0.25, -0.2) is 9.59 Å². The third kappa shape index (κ3) is 7.39. The third-order valence-corrected chi connectivity index (χ3v) is 7.32. The second-order valence-electron chi connectivity index (χ2n) is 10.1. The first-order chi connectivity index (χ1) is 20.1. The number of ether oxygens (including phenoxy) is 4. The van der Waals surface area contributed by atoms with Crippen LogP contribution >= 0.6 is 0 Å². The van der Waals surface area contributed by atoms with Crippen molar-refractivity contribution in [1.29, 1.82) is 0 Å². The zero-order chi connectivity index (χ0) is 32.3. The summed E-state index contributed by atoms with van der Waals surface area (Å²) in [6.45, 7) is 4.75. The van der Waals surface area contributed by atoms with Crippen molar-refractivity contribution < 1.29 is 54.9 Å². The van der Waals surface area contributed by atoms with Crippen LogP contribution in [0.1, 0.15) is 68.3 Å². The molecule has 3 rings (SSSR count). The number of fused-ring (bicyclic) bond motifs is 1. The summed E-state index contributed by atoms with van der Waals surface area (Å²) in [7, 11) is 3.79. The molecule has 8 nitrogen and oxygen atoms in total. The van der Waals surface area contributed by atoms with Crippen LogP contribution < -0.4 is 14.4 Å². The van der Waals surface area contributed by atoms with E-state index >= 15 is 0 Å². The second kappa shape index (κ2) is 13.2. The molecule has 0 spiro atoms. The van der Waals surface area contributed by atoms with Crippen molar-refractivity contribution >= 4 is 17.9 Å². The Kier molecular flexibility index (Phi) is 10.3. The highest BCUT2D eigenvalue weighted by atomic mass is 19.4. The Balaban J connectivity index is 2.19. The lowest BCUT2D eigenvalue weighted by Crippen LogP contribution is -2.48. The fourth-order valence-corrected chi connectivity index (χ4v) is 5.11. The van der Waals surface area contributed by atoms with E-state index in [1.54, 1.807) is 6.92 Å². The van der Waals surface area contributed by atoms with Gasteiger partial charge >= 0.3 is 24.5 Å². The van der Waals surface area contributed by atoms with Crippen molar-refractivity contribution in [1.82, 2.24) is 4.90 Å². The van der Waals surface area contributed by atoms with Gasteiger partial charge in [0.25, 0.3) is 0 Å². The molecule has 1 heterocycles. The number of methoxy groups -OCH3 is 3. The lowest BCUT2D eigenvalue weighted by molar-refractivity contribution is -0.143. The molecule has 0 aromatic heterocycles. The van der Waals surface area contributed by atoms with E-state index in [1.807, 2.05) is 13.8 Å². The molecular formula is C29H34F6N2O6. The summed E-state index contributed by atoms with van der Waals surface area (Å²) < 4.78 is 103. The highest BCUT2D eigenvalue weighted by Gasteiger charge is 2.42. The number of rotatable bonds is 8. The summed E-state index contributed by atoms with van der Waals surface area (Å²) in [4.78, 5) is 28.9. The van der Waals surface area contributed by atoms with E-state index in [1.165, 1.54) is 31.3 Å². The van der Waals surface area contributed by atoms with E-state index in [0.29, 0.717) is 30.5 Å². The number of carbonyl (C=O) groups excluding carboxylic acids is 2. The number of hydrogen-bond acceptors (Lipinski definition) is 6. The third-order valence-electron chi connectivity index (χ3n) is 7.32. The molecule has 0 bridgehead atoms. The van der Waals surface area contributed by atoms with Gasteiger partial charge in [0, 0.05) is 24.2 Å². The number of alkyl halides is 6. The largest absolute Gasteiger partial charge is 0.493 e. The lowest BCUT2D eigenvalue weighted by Gasteiger charge is -2.43. The van der Waals surface area contributed by atoms with Crippen LogP contribution in [0.5, 0.6) is 11.5 Å². The Morgan fingerprint density at radius 2 is 1.44 bits per heavy atom. The van der Waals surface area contributed by atoms with Crippen LogP contribution in [0.2, 0.25) is 0 Å². The maximum absolute atomic E-state index is 13.6. The van der Waals surface area contributed by atoms with Crippen molar-refractivity contribution in [3.8, 4) is 11.5 Å². The summed E-state index contributed by atoms with van der Waals surface area (Å²) in [5.41, 5.74) is -2.85. The van der Waals surface area contributed by atoms with E-state index in [2.05, 4.69) is 0 Å². The number of amides is 2. The van der Waals surface area contributed by atoms with Gasteiger partial charge in [-0.2, -0.15) is 26.3 Å². The molecule has 2 amide bonds. The lowest BCUT2D eigenvalue weighted by atomic mass is 9.90. The minimum absolute atomic E-state index is 0.0183. The van der Waals surface area contributed by atoms with Crippen molar-refractivity contribution in [2.24, 2.45) is 0 Å². The zero-order valence-electron chi connectivity index (χ0n) is 24.6. The van der Waals surface area contributed by atoms with Gasteiger partial charge in [-0.1, -0.05) is 13.8 Å². The minimum atomic E-state index is -5.07. The Bertz CT molecular complexity index is 1280. The van der Waals surface area contributed by atoms with E-state index in [0.717, 1.165) is 12.0 Å². The second-order valence-corrected chi connectivity index (χ2v) is 10.1. The maximum Gasteiger partial charge on any atom is 0.416 e. The average molecular weight is 621 g/mol. The van der Waals surface area contributed by atoms with Crippen molar-refractivity contribution in [2.45, 2.75) is 77.1 Å². The van der Waals surface area contributed by atoms with Gasteiger partial charge in [-0.05, 0) is 56.0 Å². The Hall–Kier alpha value is -3.84. The Morgan fingerprint density at radius 3 is 1.91 bits per heavy atom. The molecule has 0 radical (unpaired) electrons. The number of hydrogen-bond donors (Lipinski definition) is 0. The van der Waals surface area contributed by atoms with Gasteiger partial charge in [0.15, 0.2) is 11.5 Å². The van der Waals surface area contributed by atoms with Crippen LogP contribution in [0.4, 0.5) is 41.6 Å². The monoisotopic (exact) mass is 620 g/mol. The van der Waals surface area contributed by atoms with Crippen LogP contribution in [0.3, 0.4) is 0 Å². The first-order valence-electron chi connectivity index (χ1n) is 13.5. The number of carbonyl (C=O) groups is 2.